The van der Waals surface area contributed by atoms with Gasteiger partial charge in [-0.05, 0) is 30.2 Å². The van der Waals surface area contributed by atoms with Crippen molar-refractivity contribution in [1.82, 2.24) is 5.32 Å². The predicted molar refractivity (Wildman–Crippen MR) is 112 cm³/mol. The number of ketones is 1. The summed E-state index contributed by atoms with van der Waals surface area (Å²) in [6, 6.07) is 11.5. The van der Waals surface area contributed by atoms with Gasteiger partial charge >= 0.3 is 0 Å². The Morgan fingerprint density at radius 2 is 1.74 bits per heavy atom. The highest BCUT2D eigenvalue weighted by atomic mass is 16.6. The average molecular weight is 422 g/mol. The first-order chi connectivity index (χ1) is 14.9. The third-order valence-corrected chi connectivity index (χ3v) is 5.92. The first kappa shape index (κ1) is 20.6. The maximum absolute atomic E-state index is 13.2. The van der Waals surface area contributed by atoms with E-state index >= 15 is 0 Å². The van der Waals surface area contributed by atoms with Crippen LogP contribution in [0.5, 0.6) is 11.5 Å². The number of methoxy groups -OCH3 is 2. The van der Waals surface area contributed by atoms with Crippen LogP contribution in [0.15, 0.2) is 53.7 Å². The van der Waals surface area contributed by atoms with Gasteiger partial charge < -0.3 is 14.8 Å². The highest BCUT2D eigenvalue weighted by Gasteiger charge is 2.39. The highest BCUT2D eigenvalue weighted by Crippen LogP contribution is 2.45. The molecule has 1 aliphatic carbocycles. The average Bonchev–Trinajstić information content (AvgIpc) is 2.77. The van der Waals surface area contributed by atoms with Crippen LogP contribution >= 0.6 is 0 Å². The lowest BCUT2D eigenvalue weighted by Crippen LogP contribution is -2.38. The van der Waals surface area contributed by atoms with E-state index in [1.54, 1.807) is 32.4 Å². The van der Waals surface area contributed by atoms with Crippen LogP contribution in [0.3, 0.4) is 0 Å². The largest absolute Gasteiger partial charge is 0.497 e. The number of benzene rings is 2. The minimum atomic E-state index is -0.472. The molecule has 8 nitrogen and oxygen atoms in total. The number of carbonyl (C=O) groups is 2. The minimum Gasteiger partial charge on any atom is -0.497 e. The SMILES string of the molecule is COc1ccc(OC)c([C@@H]2CC(=O)C3=C(C2)NC(=O)C[C@@H]3c2ccc([N+](=O)[O-])cc2)c1. The second-order valence-electron chi connectivity index (χ2n) is 7.68. The van der Waals surface area contributed by atoms with Crippen LogP contribution in [-0.2, 0) is 9.59 Å². The Balaban J connectivity index is 1.71. The third kappa shape index (κ3) is 3.88. The summed E-state index contributed by atoms with van der Waals surface area (Å²) >= 11 is 0. The molecule has 160 valence electrons. The van der Waals surface area contributed by atoms with Crippen molar-refractivity contribution in [2.45, 2.75) is 31.1 Å². The topological polar surface area (TPSA) is 108 Å². The van der Waals surface area contributed by atoms with E-state index in [0.29, 0.717) is 29.2 Å². The van der Waals surface area contributed by atoms with Gasteiger partial charge in [-0.15, -0.1) is 0 Å². The Morgan fingerprint density at radius 3 is 2.39 bits per heavy atom. The number of allylic oxidation sites excluding steroid dienone is 2. The van der Waals surface area contributed by atoms with Gasteiger partial charge in [-0.1, -0.05) is 12.1 Å². The fourth-order valence-electron chi connectivity index (χ4n) is 4.45. The number of nitrogens with one attached hydrogen (secondary N) is 1. The Hall–Kier alpha value is -3.68. The zero-order chi connectivity index (χ0) is 22.1. The normalized spacial score (nSPS) is 20.7. The van der Waals surface area contributed by atoms with Gasteiger partial charge in [0.1, 0.15) is 11.5 Å². The Morgan fingerprint density at radius 1 is 1.00 bits per heavy atom. The molecule has 4 rings (SSSR count). The van der Waals surface area contributed by atoms with Crippen LogP contribution in [0.4, 0.5) is 5.69 Å². The number of nitro benzene ring substituents is 1. The van der Waals surface area contributed by atoms with Gasteiger partial charge in [-0.3, -0.25) is 19.7 Å². The van der Waals surface area contributed by atoms with Gasteiger partial charge in [0.2, 0.25) is 5.91 Å². The predicted octanol–water partition coefficient (Wildman–Crippen LogP) is 3.62. The summed E-state index contributed by atoms with van der Waals surface area (Å²) in [5.41, 5.74) is 2.75. The molecule has 1 N–H and O–H groups in total. The number of carbonyl (C=O) groups excluding carboxylic acids is 2. The van der Waals surface area contributed by atoms with Gasteiger partial charge in [-0.2, -0.15) is 0 Å². The van der Waals surface area contributed by atoms with E-state index in [1.807, 2.05) is 12.1 Å². The molecule has 2 aromatic carbocycles. The van der Waals surface area contributed by atoms with Gasteiger partial charge in [-0.25, -0.2) is 0 Å². The van der Waals surface area contributed by atoms with E-state index in [4.69, 9.17) is 9.47 Å². The number of Topliss-reactive ketones (excluding diaryl/α,β-unsaturated/α-hetero) is 1. The number of rotatable bonds is 5. The third-order valence-electron chi connectivity index (χ3n) is 5.92. The second-order valence-corrected chi connectivity index (χ2v) is 7.68. The number of amides is 1. The molecule has 0 saturated carbocycles. The van der Waals surface area contributed by atoms with Crippen molar-refractivity contribution in [3.8, 4) is 11.5 Å². The van der Waals surface area contributed by atoms with Crippen LogP contribution < -0.4 is 14.8 Å². The van der Waals surface area contributed by atoms with E-state index in [-0.39, 0.29) is 36.1 Å². The summed E-state index contributed by atoms with van der Waals surface area (Å²) in [6.45, 7) is 0. The summed E-state index contributed by atoms with van der Waals surface area (Å²) in [7, 11) is 3.15. The molecule has 0 spiro atoms. The number of nitrogens with zero attached hydrogens (tertiary/aromatic N) is 1. The molecule has 0 unspecified atom stereocenters. The number of nitro groups is 1. The van der Waals surface area contributed by atoms with Crippen molar-refractivity contribution in [1.29, 1.82) is 0 Å². The molecule has 0 saturated heterocycles. The second kappa shape index (κ2) is 8.22. The first-order valence-electron chi connectivity index (χ1n) is 9.93. The van der Waals surface area contributed by atoms with Crippen molar-refractivity contribution < 1.29 is 24.0 Å². The van der Waals surface area contributed by atoms with Crippen LogP contribution in [0.25, 0.3) is 0 Å². The summed E-state index contributed by atoms with van der Waals surface area (Å²) in [5, 5.41) is 13.8. The van der Waals surface area contributed by atoms with E-state index in [2.05, 4.69) is 5.32 Å². The van der Waals surface area contributed by atoms with Gasteiger partial charge in [0, 0.05) is 53.6 Å². The van der Waals surface area contributed by atoms with Crippen LogP contribution in [0, 0.1) is 10.1 Å². The zero-order valence-electron chi connectivity index (χ0n) is 17.2. The van der Waals surface area contributed by atoms with Crippen LogP contribution in [-0.4, -0.2) is 30.8 Å². The molecule has 1 aliphatic heterocycles. The molecular weight excluding hydrogens is 400 g/mol. The molecule has 0 radical (unpaired) electrons. The van der Waals surface area contributed by atoms with Gasteiger partial charge in [0.15, 0.2) is 5.78 Å². The van der Waals surface area contributed by atoms with Crippen molar-refractivity contribution in [3.05, 3.63) is 75.0 Å². The first-order valence-corrected chi connectivity index (χ1v) is 9.93. The monoisotopic (exact) mass is 422 g/mol. The van der Waals surface area contributed by atoms with Gasteiger partial charge in [0.25, 0.3) is 5.69 Å². The molecule has 0 aromatic heterocycles. The summed E-state index contributed by atoms with van der Waals surface area (Å²) in [5.74, 6) is 0.543. The maximum Gasteiger partial charge on any atom is 0.269 e. The number of hydrogen-bond acceptors (Lipinski definition) is 6. The van der Waals surface area contributed by atoms with Gasteiger partial charge in [0.05, 0.1) is 19.1 Å². The van der Waals surface area contributed by atoms with E-state index in [1.165, 1.54) is 12.1 Å². The Kier molecular flexibility index (Phi) is 5.46. The fraction of sp³-hybridized carbons (Fsp3) is 0.304. The standard InChI is InChI=1S/C23H22N2O6/c1-30-16-7-8-21(31-2)17(11-16)14-9-19-23(20(26)10-14)18(12-22(27)24-19)13-3-5-15(6-4-13)25(28)29/h3-8,11,14,18H,9-10,12H2,1-2H3,(H,24,27)/t14-,18+/m0/s1. The zero-order valence-corrected chi connectivity index (χ0v) is 17.2. The molecule has 2 atom stereocenters. The van der Waals surface area contributed by atoms with E-state index in [0.717, 1.165) is 11.1 Å². The lowest BCUT2D eigenvalue weighted by Gasteiger charge is -2.34. The van der Waals surface area contributed by atoms with E-state index in [9.17, 15) is 19.7 Å². The maximum atomic E-state index is 13.2. The number of non-ortho nitro benzene ring substituents is 1. The summed E-state index contributed by atoms with van der Waals surface area (Å²) in [6.07, 6.45) is 0.900. The van der Waals surface area contributed by atoms with Crippen molar-refractivity contribution in [2.24, 2.45) is 0 Å². The lowest BCUT2D eigenvalue weighted by atomic mass is 9.73. The molecule has 0 bridgehead atoms. The Bertz CT molecular complexity index is 1090. The minimum absolute atomic E-state index is 0.0293. The van der Waals surface area contributed by atoms with E-state index < -0.39 is 10.8 Å². The Labute approximate surface area is 179 Å². The highest BCUT2D eigenvalue weighted by molar-refractivity contribution is 6.02. The molecule has 1 amide bonds. The molecule has 31 heavy (non-hydrogen) atoms. The lowest BCUT2D eigenvalue weighted by molar-refractivity contribution is -0.384. The smallest absolute Gasteiger partial charge is 0.269 e. The molecule has 2 aromatic rings. The summed E-state index contributed by atoms with van der Waals surface area (Å²) < 4.78 is 10.8. The molecule has 8 heteroatoms. The van der Waals surface area contributed by atoms with Crippen LogP contribution in [0.2, 0.25) is 0 Å². The number of hydrogen-bond donors (Lipinski definition) is 1. The van der Waals surface area contributed by atoms with Crippen molar-refractivity contribution >= 4 is 17.4 Å². The number of ether oxygens (including phenoxy) is 2. The summed E-state index contributed by atoms with van der Waals surface area (Å²) in [4.78, 5) is 36.2. The fourth-order valence-corrected chi connectivity index (χ4v) is 4.45. The quantitative estimate of drug-likeness (QED) is 0.582. The molecule has 2 aliphatic rings. The molecule has 0 fully saturated rings. The molecular formula is C23H22N2O6. The molecule has 1 heterocycles. The van der Waals surface area contributed by atoms with Crippen molar-refractivity contribution in [2.75, 3.05) is 14.2 Å². The van der Waals surface area contributed by atoms with Crippen LogP contribution in [0.1, 0.15) is 42.2 Å². The van der Waals surface area contributed by atoms with Crippen molar-refractivity contribution in [3.63, 3.8) is 0 Å².